The first-order valence-corrected chi connectivity index (χ1v) is 6.78. The molecule has 1 N–H and O–H groups in total. The van der Waals surface area contributed by atoms with Gasteiger partial charge in [0.05, 0.1) is 12.2 Å². The number of hydrogen-bond donors (Lipinski definition) is 1. The number of rotatable bonds is 6. The minimum atomic E-state index is -0.252. The summed E-state index contributed by atoms with van der Waals surface area (Å²) >= 11 is 0. The first-order valence-electron chi connectivity index (χ1n) is 6.78. The largest absolute Gasteiger partial charge is 0.462 e. The van der Waals surface area contributed by atoms with Gasteiger partial charge in [-0.2, -0.15) is 0 Å². The average Bonchev–Trinajstić information content (AvgIpc) is 3.21. The highest BCUT2D eigenvalue weighted by atomic mass is 16.5. The maximum Gasteiger partial charge on any atom is 0.338 e. The molecule has 1 atom stereocenters. The average molecular weight is 247 g/mol. The van der Waals surface area contributed by atoms with Gasteiger partial charge in [-0.3, -0.25) is 0 Å². The van der Waals surface area contributed by atoms with E-state index in [1.54, 1.807) is 0 Å². The van der Waals surface area contributed by atoms with Crippen molar-refractivity contribution in [3.63, 3.8) is 0 Å². The van der Waals surface area contributed by atoms with Gasteiger partial charge >= 0.3 is 5.97 Å². The van der Waals surface area contributed by atoms with E-state index in [0.717, 1.165) is 18.0 Å². The van der Waals surface area contributed by atoms with Gasteiger partial charge in [-0.1, -0.05) is 6.92 Å². The van der Waals surface area contributed by atoms with Crippen LogP contribution in [0.1, 0.15) is 43.5 Å². The number of hydrogen-bond acceptors (Lipinski definition) is 3. The molecule has 3 heteroatoms. The number of benzene rings is 1. The number of anilines is 1. The number of nitrogens with one attached hydrogen (secondary N) is 1. The van der Waals surface area contributed by atoms with Gasteiger partial charge < -0.3 is 10.1 Å². The lowest BCUT2D eigenvalue weighted by Gasteiger charge is -2.17. The van der Waals surface area contributed by atoms with Crippen molar-refractivity contribution in [3.8, 4) is 0 Å². The predicted octanol–water partition coefficient (Wildman–Crippen LogP) is 3.46. The molecule has 18 heavy (non-hydrogen) atoms. The van der Waals surface area contributed by atoms with E-state index in [2.05, 4.69) is 12.2 Å². The van der Waals surface area contributed by atoms with Gasteiger partial charge in [0.1, 0.15) is 0 Å². The first-order chi connectivity index (χ1) is 8.74. The Hall–Kier alpha value is -1.51. The number of carbonyl (C=O) groups excluding carboxylic acids is 1. The highest BCUT2D eigenvalue weighted by Crippen LogP contribution is 2.35. The second kappa shape index (κ2) is 5.89. The van der Waals surface area contributed by atoms with Crippen LogP contribution in [0, 0.1) is 5.92 Å². The topological polar surface area (TPSA) is 38.3 Å². The molecule has 2 rings (SSSR count). The molecule has 3 nitrogen and oxygen atoms in total. The third kappa shape index (κ3) is 3.25. The summed E-state index contributed by atoms with van der Waals surface area (Å²) in [6.45, 7) is 4.44. The molecule has 1 unspecified atom stereocenters. The van der Waals surface area contributed by atoms with Crippen LogP contribution in [-0.4, -0.2) is 18.6 Å². The molecule has 1 aromatic rings. The molecular formula is C15H21NO2. The van der Waals surface area contributed by atoms with E-state index in [4.69, 9.17) is 4.74 Å². The molecule has 1 fully saturated rings. The lowest BCUT2D eigenvalue weighted by Crippen LogP contribution is -2.20. The second-order valence-corrected chi connectivity index (χ2v) is 4.79. The van der Waals surface area contributed by atoms with Crippen molar-refractivity contribution in [1.82, 2.24) is 0 Å². The Morgan fingerprint density at radius 1 is 1.33 bits per heavy atom. The van der Waals surface area contributed by atoms with Crippen molar-refractivity contribution in [3.05, 3.63) is 29.8 Å². The van der Waals surface area contributed by atoms with Crippen molar-refractivity contribution in [2.24, 2.45) is 5.92 Å². The molecule has 1 saturated carbocycles. The van der Waals surface area contributed by atoms with Crippen LogP contribution in [0.5, 0.6) is 0 Å². The summed E-state index contributed by atoms with van der Waals surface area (Å²) in [5, 5.41) is 3.54. The van der Waals surface area contributed by atoms with E-state index >= 15 is 0 Å². The van der Waals surface area contributed by atoms with E-state index in [9.17, 15) is 4.79 Å². The minimum Gasteiger partial charge on any atom is -0.462 e. The molecule has 0 saturated heterocycles. The van der Waals surface area contributed by atoms with Gasteiger partial charge in [-0.05, 0) is 56.4 Å². The zero-order valence-corrected chi connectivity index (χ0v) is 11.1. The normalized spacial score (nSPS) is 16.1. The lowest BCUT2D eigenvalue weighted by molar-refractivity contribution is 0.0526. The monoisotopic (exact) mass is 247 g/mol. The zero-order chi connectivity index (χ0) is 13.0. The summed E-state index contributed by atoms with van der Waals surface area (Å²) in [6.07, 6.45) is 3.82. The molecule has 0 heterocycles. The summed E-state index contributed by atoms with van der Waals surface area (Å²) < 4.78 is 4.96. The summed E-state index contributed by atoms with van der Waals surface area (Å²) in [5.74, 6) is 0.581. The van der Waals surface area contributed by atoms with Gasteiger partial charge in [0.2, 0.25) is 0 Å². The Morgan fingerprint density at radius 3 is 2.50 bits per heavy atom. The molecule has 98 valence electrons. The maximum absolute atomic E-state index is 11.5. The molecule has 0 aliphatic heterocycles. The fourth-order valence-corrected chi connectivity index (χ4v) is 2.18. The molecule has 0 aromatic heterocycles. The molecule has 1 aliphatic carbocycles. The lowest BCUT2D eigenvalue weighted by atomic mass is 10.1. The molecule has 1 aromatic carbocycles. The van der Waals surface area contributed by atoms with E-state index in [1.807, 2.05) is 31.2 Å². The minimum absolute atomic E-state index is 0.252. The quantitative estimate of drug-likeness (QED) is 0.782. The highest BCUT2D eigenvalue weighted by Gasteiger charge is 2.29. The Balaban J connectivity index is 1.96. The van der Waals surface area contributed by atoms with Gasteiger partial charge in [-0.15, -0.1) is 0 Å². The Morgan fingerprint density at radius 2 is 2.00 bits per heavy atom. The smallest absolute Gasteiger partial charge is 0.338 e. The van der Waals surface area contributed by atoms with Crippen molar-refractivity contribution >= 4 is 11.7 Å². The van der Waals surface area contributed by atoms with Crippen molar-refractivity contribution in [2.75, 3.05) is 11.9 Å². The van der Waals surface area contributed by atoms with Crippen LogP contribution in [0.15, 0.2) is 24.3 Å². The standard InChI is InChI=1S/C15H21NO2/c1-3-14(11-5-6-11)16-13-9-7-12(8-10-13)15(17)18-4-2/h7-11,14,16H,3-6H2,1-2H3. The molecule has 0 radical (unpaired) electrons. The fourth-order valence-electron chi connectivity index (χ4n) is 2.18. The fraction of sp³-hybridized carbons (Fsp3) is 0.533. The maximum atomic E-state index is 11.5. The van der Waals surface area contributed by atoms with Crippen LogP contribution in [0.3, 0.4) is 0 Å². The summed E-state index contributed by atoms with van der Waals surface area (Å²) in [6, 6.07) is 8.12. The predicted molar refractivity (Wildman–Crippen MR) is 72.8 cm³/mol. The second-order valence-electron chi connectivity index (χ2n) is 4.79. The molecule has 1 aliphatic rings. The first kappa shape index (κ1) is 12.9. The van der Waals surface area contributed by atoms with E-state index in [-0.39, 0.29) is 5.97 Å². The summed E-state index contributed by atoms with van der Waals surface area (Å²) in [7, 11) is 0. The molecular weight excluding hydrogens is 226 g/mol. The van der Waals surface area contributed by atoms with Crippen LogP contribution in [0.4, 0.5) is 5.69 Å². The van der Waals surface area contributed by atoms with Crippen molar-refractivity contribution < 1.29 is 9.53 Å². The van der Waals surface area contributed by atoms with Crippen molar-refractivity contribution in [2.45, 2.75) is 39.2 Å². The van der Waals surface area contributed by atoms with Gasteiger partial charge in [0.15, 0.2) is 0 Å². The molecule has 0 bridgehead atoms. The van der Waals surface area contributed by atoms with Gasteiger partial charge in [-0.25, -0.2) is 4.79 Å². The van der Waals surface area contributed by atoms with Gasteiger partial charge in [0.25, 0.3) is 0 Å². The third-order valence-electron chi connectivity index (χ3n) is 3.38. The van der Waals surface area contributed by atoms with Crippen LogP contribution in [0.25, 0.3) is 0 Å². The number of carbonyl (C=O) groups is 1. The molecule has 0 spiro atoms. The Kier molecular flexibility index (Phi) is 4.24. The third-order valence-corrected chi connectivity index (χ3v) is 3.38. The van der Waals surface area contributed by atoms with Crippen molar-refractivity contribution in [1.29, 1.82) is 0 Å². The zero-order valence-electron chi connectivity index (χ0n) is 11.1. The summed E-state index contributed by atoms with van der Waals surface area (Å²) in [4.78, 5) is 11.5. The Bertz CT molecular complexity index is 395. The van der Waals surface area contributed by atoms with E-state index < -0.39 is 0 Å². The highest BCUT2D eigenvalue weighted by molar-refractivity contribution is 5.89. The SMILES string of the molecule is CCOC(=O)c1ccc(NC(CC)C2CC2)cc1. The number of ether oxygens (including phenoxy) is 1. The van der Waals surface area contributed by atoms with E-state index in [1.165, 1.54) is 12.8 Å². The van der Waals surface area contributed by atoms with Gasteiger partial charge in [0, 0.05) is 11.7 Å². The molecule has 0 amide bonds. The summed E-state index contributed by atoms with van der Waals surface area (Å²) in [5.41, 5.74) is 1.70. The van der Waals surface area contributed by atoms with Crippen LogP contribution >= 0.6 is 0 Å². The Labute approximate surface area is 109 Å². The number of esters is 1. The van der Waals surface area contributed by atoms with E-state index in [0.29, 0.717) is 18.2 Å². The van der Waals surface area contributed by atoms with Crippen LogP contribution in [-0.2, 0) is 4.74 Å². The van der Waals surface area contributed by atoms with Crippen LogP contribution < -0.4 is 5.32 Å². The van der Waals surface area contributed by atoms with Crippen LogP contribution in [0.2, 0.25) is 0 Å².